The summed E-state index contributed by atoms with van der Waals surface area (Å²) in [5.41, 5.74) is 0. The van der Waals surface area contributed by atoms with Crippen LogP contribution >= 0.6 is 11.3 Å². The number of hydrogen-bond donors (Lipinski definition) is 2. The number of H-pyrrole nitrogens is 1. The molecule has 2 rings (SSSR count). The first-order chi connectivity index (χ1) is 7.81. The average molecular weight is 235 g/mol. The monoisotopic (exact) mass is 235 g/mol. The molecular formula is C12H17N3S. The maximum Gasteiger partial charge on any atom is 0.123 e. The predicted molar refractivity (Wildman–Crippen MR) is 67.5 cm³/mol. The molecule has 0 aliphatic heterocycles. The van der Waals surface area contributed by atoms with E-state index in [2.05, 4.69) is 46.6 Å². The van der Waals surface area contributed by atoms with Crippen LogP contribution in [0.15, 0.2) is 29.9 Å². The maximum atomic E-state index is 4.31. The Morgan fingerprint density at radius 2 is 2.44 bits per heavy atom. The second kappa shape index (κ2) is 5.27. The number of thiophene rings is 1. The molecule has 2 aromatic rings. The Morgan fingerprint density at radius 3 is 3.00 bits per heavy atom. The summed E-state index contributed by atoms with van der Waals surface area (Å²) in [4.78, 5) is 8.84. The van der Waals surface area contributed by atoms with E-state index in [1.807, 2.05) is 6.20 Å². The molecule has 0 aliphatic rings. The second-order valence-electron chi connectivity index (χ2n) is 3.84. The van der Waals surface area contributed by atoms with Gasteiger partial charge in [-0.05, 0) is 24.8 Å². The van der Waals surface area contributed by atoms with Gasteiger partial charge in [0.15, 0.2) is 0 Å². The molecule has 0 bridgehead atoms. The molecule has 2 aromatic heterocycles. The van der Waals surface area contributed by atoms with E-state index in [1.54, 1.807) is 17.5 Å². The summed E-state index contributed by atoms with van der Waals surface area (Å²) >= 11 is 1.79. The third-order valence-electron chi connectivity index (χ3n) is 2.68. The molecule has 4 heteroatoms. The van der Waals surface area contributed by atoms with Gasteiger partial charge in [-0.15, -0.1) is 11.3 Å². The van der Waals surface area contributed by atoms with Gasteiger partial charge in [0.25, 0.3) is 0 Å². The van der Waals surface area contributed by atoms with Gasteiger partial charge in [-0.1, -0.05) is 13.0 Å². The minimum Gasteiger partial charge on any atom is -0.347 e. The van der Waals surface area contributed by atoms with Gasteiger partial charge in [0, 0.05) is 23.3 Å². The molecule has 86 valence electrons. The van der Waals surface area contributed by atoms with Crippen molar-refractivity contribution in [2.24, 2.45) is 0 Å². The van der Waals surface area contributed by atoms with E-state index in [1.165, 1.54) is 4.88 Å². The van der Waals surface area contributed by atoms with E-state index < -0.39 is 0 Å². The van der Waals surface area contributed by atoms with Gasteiger partial charge in [-0.3, -0.25) is 5.32 Å². The van der Waals surface area contributed by atoms with Crippen LogP contribution in [-0.4, -0.2) is 9.97 Å². The largest absolute Gasteiger partial charge is 0.347 e. The first-order valence-electron chi connectivity index (χ1n) is 5.60. The predicted octanol–water partition coefficient (Wildman–Crippen LogP) is 3.27. The summed E-state index contributed by atoms with van der Waals surface area (Å²) in [6.45, 7) is 4.36. The fraction of sp³-hybridized carbons (Fsp3) is 0.417. The van der Waals surface area contributed by atoms with Gasteiger partial charge in [-0.25, -0.2) is 4.98 Å². The van der Waals surface area contributed by atoms with Crippen molar-refractivity contribution in [3.63, 3.8) is 0 Å². The van der Waals surface area contributed by atoms with Crippen LogP contribution in [0.4, 0.5) is 0 Å². The Hall–Kier alpha value is -1.13. The molecule has 0 amide bonds. The summed E-state index contributed by atoms with van der Waals surface area (Å²) in [6.07, 6.45) is 4.70. The van der Waals surface area contributed by atoms with Crippen LogP contribution in [0.5, 0.6) is 0 Å². The lowest BCUT2D eigenvalue weighted by Gasteiger charge is -2.19. The first-order valence-corrected chi connectivity index (χ1v) is 6.48. The number of aromatic nitrogens is 2. The highest BCUT2D eigenvalue weighted by Gasteiger charge is 2.15. The van der Waals surface area contributed by atoms with Gasteiger partial charge in [-0.2, -0.15) is 0 Å². The van der Waals surface area contributed by atoms with Crippen molar-refractivity contribution in [2.75, 3.05) is 0 Å². The van der Waals surface area contributed by atoms with Gasteiger partial charge >= 0.3 is 0 Å². The van der Waals surface area contributed by atoms with Crippen LogP contribution in [0.3, 0.4) is 0 Å². The molecule has 0 spiro atoms. The van der Waals surface area contributed by atoms with Crippen molar-refractivity contribution >= 4 is 11.3 Å². The molecule has 2 heterocycles. The molecule has 0 saturated heterocycles. The molecule has 0 aliphatic carbocycles. The lowest BCUT2D eigenvalue weighted by Crippen LogP contribution is -2.24. The average Bonchev–Trinajstić information content (AvgIpc) is 2.96. The van der Waals surface area contributed by atoms with Gasteiger partial charge in [0.2, 0.25) is 0 Å². The van der Waals surface area contributed by atoms with Gasteiger partial charge in [0.1, 0.15) is 5.82 Å². The molecule has 0 saturated carbocycles. The molecule has 16 heavy (non-hydrogen) atoms. The number of imidazole rings is 1. The van der Waals surface area contributed by atoms with Crippen LogP contribution in [-0.2, 0) is 0 Å². The third kappa shape index (κ3) is 2.51. The number of nitrogens with one attached hydrogen (secondary N) is 2. The lowest BCUT2D eigenvalue weighted by molar-refractivity contribution is 0.445. The van der Waals surface area contributed by atoms with E-state index in [-0.39, 0.29) is 0 Å². The molecule has 0 fully saturated rings. The maximum absolute atomic E-state index is 4.31. The van der Waals surface area contributed by atoms with Crippen LogP contribution in [0.2, 0.25) is 0 Å². The van der Waals surface area contributed by atoms with Crippen molar-refractivity contribution in [1.82, 2.24) is 15.3 Å². The fourth-order valence-electron chi connectivity index (χ4n) is 1.78. The zero-order chi connectivity index (χ0) is 11.4. The highest BCUT2D eigenvalue weighted by Crippen LogP contribution is 2.22. The van der Waals surface area contributed by atoms with E-state index in [4.69, 9.17) is 0 Å². The number of rotatable bonds is 5. The minimum absolute atomic E-state index is 0.298. The van der Waals surface area contributed by atoms with Crippen molar-refractivity contribution in [1.29, 1.82) is 0 Å². The Balaban J connectivity index is 2.02. The van der Waals surface area contributed by atoms with Crippen LogP contribution < -0.4 is 5.32 Å². The Morgan fingerprint density at radius 1 is 1.56 bits per heavy atom. The summed E-state index contributed by atoms with van der Waals surface area (Å²) in [7, 11) is 0. The van der Waals surface area contributed by atoms with E-state index >= 15 is 0 Å². The molecule has 3 nitrogen and oxygen atoms in total. The molecule has 2 unspecified atom stereocenters. The van der Waals surface area contributed by atoms with Crippen LogP contribution in [0, 0.1) is 0 Å². The smallest absolute Gasteiger partial charge is 0.123 e. The normalized spacial score (nSPS) is 14.9. The van der Waals surface area contributed by atoms with Crippen LogP contribution in [0.1, 0.15) is 43.1 Å². The van der Waals surface area contributed by atoms with E-state index in [0.29, 0.717) is 12.1 Å². The number of aromatic amines is 1. The van der Waals surface area contributed by atoms with Gasteiger partial charge < -0.3 is 4.98 Å². The second-order valence-corrected chi connectivity index (χ2v) is 4.82. The lowest BCUT2D eigenvalue weighted by atomic mass is 10.1. The SMILES string of the molecule is CCC(NC(C)c1cccs1)c1ncc[nH]1. The Labute approximate surface area is 99.9 Å². The van der Waals surface area contributed by atoms with Crippen molar-refractivity contribution in [2.45, 2.75) is 32.4 Å². The van der Waals surface area contributed by atoms with Crippen molar-refractivity contribution in [3.05, 3.63) is 40.6 Å². The van der Waals surface area contributed by atoms with Gasteiger partial charge in [0.05, 0.1) is 6.04 Å². The van der Waals surface area contributed by atoms with Crippen molar-refractivity contribution < 1.29 is 0 Å². The number of nitrogens with zero attached hydrogens (tertiary/aromatic N) is 1. The summed E-state index contributed by atoms with van der Waals surface area (Å²) in [6, 6.07) is 4.92. The summed E-state index contributed by atoms with van der Waals surface area (Å²) in [5, 5.41) is 5.70. The molecule has 2 atom stereocenters. The quantitative estimate of drug-likeness (QED) is 0.835. The van der Waals surface area contributed by atoms with E-state index in [0.717, 1.165) is 12.2 Å². The summed E-state index contributed by atoms with van der Waals surface area (Å²) in [5.74, 6) is 1.02. The summed E-state index contributed by atoms with van der Waals surface area (Å²) < 4.78 is 0. The third-order valence-corrected chi connectivity index (χ3v) is 3.73. The first kappa shape index (κ1) is 11.4. The fourth-order valence-corrected chi connectivity index (χ4v) is 2.52. The highest BCUT2D eigenvalue weighted by molar-refractivity contribution is 7.10. The standard InChI is InChI=1S/C12H17N3S/c1-3-10(12-13-6-7-14-12)15-9(2)11-5-4-8-16-11/h4-10,15H,3H2,1-2H3,(H,13,14). The zero-order valence-corrected chi connectivity index (χ0v) is 10.4. The van der Waals surface area contributed by atoms with E-state index in [9.17, 15) is 0 Å². The van der Waals surface area contributed by atoms with Crippen molar-refractivity contribution in [3.8, 4) is 0 Å². The Kier molecular flexibility index (Phi) is 3.74. The minimum atomic E-state index is 0.298. The highest BCUT2D eigenvalue weighted by atomic mass is 32.1. The molecule has 2 N–H and O–H groups in total. The topological polar surface area (TPSA) is 40.7 Å². The number of hydrogen-bond acceptors (Lipinski definition) is 3. The zero-order valence-electron chi connectivity index (χ0n) is 9.60. The Bertz CT molecular complexity index is 394. The molecule has 0 radical (unpaired) electrons. The van der Waals surface area contributed by atoms with Crippen LogP contribution in [0.25, 0.3) is 0 Å². The molecular weight excluding hydrogens is 218 g/mol. The molecule has 0 aromatic carbocycles.